The van der Waals surface area contributed by atoms with E-state index in [1.807, 2.05) is 13.0 Å². The molecule has 1 aromatic carbocycles. The van der Waals surface area contributed by atoms with Crippen LogP contribution < -0.4 is 5.73 Å². The van der Waals surface area contributed by atoms with E-state index in [4.69, 9.17) is 5.73 Å². The maximum absolute atomic E-state index is 12.0. The van der Waals surface area contributed by atoms with Crippen LogP contribution in [0, 0.1) is 12.1 Å². The lowest BCUT2D eigenvalue weighted by Gasteiger charge is -2.26. The van der Waals surface area contributed by atoms with E-state index in [9.17, 15) is 4.79 Å². The Morgan fingerprint density at radius 1 is 1.50 bits per heavy atom. The zero-order valence-electron chi connectivity index (χ0n) is 11.4. The van der Waals surface area contributed by atoms with E-state index in [-0.39, 0.29) is 0 Å². The Bertz CT molecular complexity index is 616. The maximum atomic E-state index is 12.0. The third kappa shape index (κ3) is 1.87. The van der Waals surface area contributed by atoms with Crippen LogP contribution in [0.2, 0.25) is 0 Å². The second kappa shape index (κ2) is 4.68. The minimum absolute atomic E-state index is 0.402. The van der Waals surface area contributed by atoms with Crippen molar-refractivity contribution in [3.8, 4) is 0 Å². The Kier molecular flexibility index (Phi) is 2.98. The molecule has 1 saturated carbocycles. The molecule has 1 amide bonds. The van der Waals surface area contributed by atoms with Crippen LogP contribution in [0.15, 0.2) is 24.4 Å². The zero-order valence-corrected chi connectivity index (χ0v) is 11.4. The van der Waals surface area contributed by atoms with Gasteiger partial charge >= 0.3 is 0 Å². The number of rotatable bonds is 4. The summed E-state index contributed by atoms with van der Waals surface area (Å²) in [5.41, 5.74) is 6.28. The van der Waals surface area contributed by atoms with Crippen LogP contribution in [0.3, 0.4) is 0 Å². The summed E-state index contributed by atoms with van der Waals surface area (Å²) in [5.74, 6) is 1.06. The van der Waals surface area contributed by atoms with Gasteiger partial charge in [-0.2, -0.15) is 0 Å². The number of nitrogens with two attached hydrogens (primary N) is 1. The maximum Gasteiger partial charge on any atom is 0.233 e. The molecule has 3 rings (SSSR count). The number of primary amides is 1. The van der Waals surface area contributed by atoms with Crippen molar-refractivity contribution < 1.29 is 4.79 Å². The summed E-state index contributed by atoms with van der Waals surface area (Å²) in [6.07, 6.45) is 5.30. The molecular formula is C16H17N3O. The van der Waals surface area contributed by atoms with Gasteiger partial charge < -0.3 is 10.7 Å². The van der Waals surface area contributed by atoms with Crippen LogP contribution >= 0.6 is 0 Å². The first kappa shape index (κ1) is 12.7. The summed E-state index contributed by atoms with van der Waals surface area (Å²) in [4.78, 5) is 19.8. The largest absolute Gasteiger partial charge is 0.369 e. The molecule has 20 heavy (non-hydrogen) atoms. The molecule has 0 aliphatic heterocycles. The molecule has 1 atom stereocenters. The van der Waals surface area contributed by atoms with E-state index in [1.165, 1.54) is 6.42 Å². The zero-order chi connectivity index (χ0) is 14.2. The Labute approximate surface area is 118 Å². The van der Waals surface area contributed by atoms with E-state index >= 15 is 0 Å². The Hall–Kier alpha value is -2.28. The number of hydrogen-bond donors (Lipinski definition) is 2. The first-order chi connectivity index (χ1) is 9.62. The number of carbonyl (C=O) groups excluding carboxylic acids is 1. The molecule has 1 fully saturated rings. The molecule has 0 radical (unpaired) electrons. The van der Waals surface area contributed by atoms with Gasteiger partial charge in [0.15, 0.2) is 0 Å². The van der Waals surface area contributed by atoms with Gasteiger partial charge in [-0.3, -0.25) is 4.79 Å². The van der Waals surface area contributed by atoms with Gasteiger partial charge in [0.05, 0.1) is 5.69 Å². The SMILES string of the molecule is CC(C(N)=O)(c1cc#ccc1)c1cnc(C2CCC2)[nH]1. The van der Waals surface area contributed by atoms with Gasteiger partial charge in [0.25, 0.3) is 0 Å². The summed E-state index contributed by atoms with van der Waals surface area (Å²) >= 11 is 0. The average molecular weight is 267 g/mol. The number of H-pyrrole nitrogens is 1. The normalized spacial score (nSPS) is 17.9. The Morgan fingerprint density at radius 3 is 2.85 bits per heavy atom. The molecule has 2 aromatic rings. The molecule has 0 bridgehead atoms. The number of nitrogens with zero attached hydrogens (tertiary/aromatic N) is 1. The van der Waals surface area contributed by atoms with Crippen molar-refractivity contribution in [2.75, 3.05) is 0 Å². The minimum Gasteiger partial charge on any atom is -0.369 e. The highest BCUT2D eigenvalue weighted by Gasteiger charge is 2.38. The third-order valence-electron chi connectivity index (χ3n) is 4.35. The summed E-state index contributed by atoms with van der Waals surface area (Å²) in [6.45, 7) is 1.82. The van der Waals surface area contributed by atoms with Gasteiger partial charge in [-0.25, -0.2) is 4.98 Å². The lowest BCUT2D eigenvalue weighted by atomic mass is 9.79. The van der Waals surface area contributed by atoms with Crippen LogP contribution in [0.4, 0.5) is 0 Å². The monoisotopic (exact) mass is 267 g/mol. The minimum atomic E-state index is -0.916. The molecule has 4 heteroatoms. The molecular weight excluding hydrogens is 250 g/mol. The van der Waals surface area contributed by atoms with Crippen molar-refractivity contribution >= 4 is 5.91 Å². The fourth-order valence-electron chi connectivity index (χ4n) is 2.57. The van der Waals surface area contributed by atoms with Crippen LogP contribution in [0.5, 0.6) is 0 Å². The predicted octanol–water partition coefficient (Wildman–Crippen LogP) is 2.07. The number of carbonyl (C=O) groups is 1. The van der Waals surface area contributed by atoms with Crippen LogP contribution in [0.1, 0.15) is 49.2 Å². The molecule has 1 heterocycles. The Morgan fingerprint density at radius 2 is 2.30 bits per heavy atom. The van der Waals surface area contributed by atoms with E-state index in [0.717, 1.165) is 29.9 Å². The first-order valence-electron chi connectivity index (χ1n) is 6.86. The van der Waals surface area contributed by atoms with Crippen molar-refractivity contribution in [3.63, 3.8) is 0 Å². The van der Waals surface area contributed by atoms with E-state index < -0.39 is 11.3 Å². The molecule has 1 aromatic heterocycles. The second-order valence-corrected chi connectivity index (χ2v) is 5.52. The van der Waals surface area contributed by atoms with Crippen LogP contribution in [-0.2, 0) is 10.2 Å². The molecule has 102 valence electrons. The molecule has 1 aliphatic carbocycles. The van der Waals surface area contributed by atoms with Gasteiger partial charge in [0.2, 0.25) is 5.91 Å². The van der Waals surface area contributed by atoms with E-state index in [2.05, 4.69) is 22.1 Å². The van der Waals surface area contributed by atoms with Gasteiger partial charge in [-0.05, 0) is 43.5 Å². The highest BCUT2D eigenvalue weighted by Crippen LogP contribution is 2.37. The number of nitrogens with one attached hydrogen (secondary N) is 1. The van der Waals surface area contributed by atoms with E-state index in [1.54, 1.807) is 18.3 Å². The van der Waals surface area contributed by atoms with Crippen molar-refractivity contribution in [1.82, 2.24) is 9.97 Å². The van der Waals surface area contributed by atoms with Gasteiger partial charge in [-0.15, -0.1) is 0 Å². The number of aromatic nitrogens is 2. The third-order valence-corrected chi connectivity index (χ3v) is 4.35. The highest BCUT2D eigenvalue weighted by molar-refractivity contribution is 5.89. The molecule has 3 N–H and O–H groups in total. The van der Waals surface area contributed by atoms with Crippen molar-refractivity contribution in [2.45, 2.75) is 37.5 Å². The van der Waals surface area contributed by atoms with Crippen molar-refractivity contribution in [1.29, 1.82) is 0 Å². The molecule has 1 aliphatic rings. The molecule has 1 unspecified atom stereocenters. The summed E-state index contributed by atoms with van der Waals surface area (Å²) in [7, 11) is 0. The quantitative estimate of drug-likeness (QED) is 0.890. The molecule has 4 nitrogen and oxygen atoms in total. The standard InChI is InChI=1S/C16H17N3O/c1-16(15(17)20,12-8-3-2-4-9-12)13-10-18-14(19-13)11-6-5-7-11/h3,8-11H,5-7H2,1H3,(H2,17,20)(H,18,19). The van der Waals surface area contributed by atoms with Crippen molar-refractivity contribution in [2.24, 2.45) is 5.73 Å². The fourth-order valence-corrected chi connectivity index (χ4v) is 2.57. The molecule has 0 saturated heterocycles. The van der Waals surface area contributed by atoms with Gasteiger partial charge in [0, 0.05) is 12.1 Å². The fraction of sp³-hybridized carbons (Fsp3) is 0.375. The highest BCUT2D eigenvalue weighted by atomic mass is 16.1. The van der Waals surface area contributed by atoms with Gasteiger partial charge in [-0.1, -0.05) is 18.6 Å². The number of hydrogen-bond acceptors (Lipinski definition) is 2. The topological polar surface area (TPSA) is 71.8 Å². The second-order valence-electron chi connectivity index (χ2n) is 5.52. The number of amides is 1. The van der Waals surface area contributed by atoms with Crippen LogP contribution in [-0.4, -0.2) is 15.9 Å². The average Bonchev–Trinajstić information content (AvgIpc) is 2.86. The van der Waals surface area contributed by atoms with Crippen molar-refractivity contribution in [3.05, 3.63) is 53.6 Å². The number of aromatic amines is 1. The summed E-state index contributed by atoms with van der Waals surface area (Å²) in [5, 5.41) is 0. The van der Waals surface area contributed by atoms with E-state index in [0.29, 0.717) is 5.92 Å². The van der Waals surface area contributed by atoms with Crippen LogP contribution in [0.25, 0.3) is 0 Å². The smallest absolute Gasteiger partial charge is 0.233 e. The number of imidazole rings is 1. The molecule has 0 spiro atoms. The predicted molar refractivity (Wildman–Crippen MR) is 74.9 cm³/mol. The van der Waals surface area contributed by atoms with Gasteiger partial charge in [0.1, 0.15) is 11.2 Å². The Balaban J connectivity index is 2.02. The summed E-state index contributed by atoms with van der Waals surface area (Å²) < 4.78 is 0. The summed E-state index contributed by atoms with van der Waals surface area (Å²) in [6, 6.07) is 11.0. The lowest BCUT2D eigenvalue weighted by Crippen LogP contribution is -2.39. The first-order valence-corrected chi connectivity index (χ1v) is 6.86. The lowest BCUT2D eigenvalue weighted by molar-refractivity contribution is -0.121.